The van der Waals surface area contributed by atoms with Crippen LogP contribution in [0.4, 0.5) is 5.69 Å². The van der Waals surface area contributed by atoms with Gasteiger partial charge < -0.3 is 19.5 Å². The second-order valence-corrected chi connectivity index (χ2v) is 4.49. The number of nitrogens with zero attached hydrogens (tertiary/aromatic N) is 2. The van der Waals surface area contributed by atoms with Crippen LogP contribution in [-0.2, 0) is 17.8 Å². The predicted octanol–water partition coefficient (Wildman–Crippen LogP) is 1.87. The number of anilines is 1. The molecule has 3 rings (SSSR count). The largest absolute Gasteiger partial charge is 0.454 e. The van der Waals surface area contributed by atoms with E-state index in [9.17, 15) is 0 Å². The summed E-state index contributed by atoms with van der Waals surface area (Å²) in [6.07, 6.45) is 3.76. The summed E-state index contributed by atoms with van der Waals surface area (Å²) in [5.41, 5.74) is 2.04. The minimum atomic E-state index is 0.293. The highest BCUT2D eigenvalue weighted by Gasteiger charge is 2.16. The number of fused-ring (bicyclic) bond motifs is 1. The van der Waals surface area contributed by atoms with Gasteiger partial charge in [-0.25, -0.2) is 0 Å². The van der Waals surface area contributed by atoms with Crippen LogP contribution in [0.5, 0.6) is 11.5 Å². The van der Waals surface area contributed by atoms with Crippen LogP contribution in [0.15, 0.2) is 30.6 Å². The zero-order valence-corrected chi connectivity index (χ0v) is 11.3. The fraction of sp³-hybridized carbons (Fsp3) is 0.357. The van der Waals surface area contributed by atoms with Crippen LogP contribution in [0, 0.1) is 0 Å². The van der Waals surface area contributed by atoms with Crippen molar-refractivity contribution in [3.05, 3.63) is 36.2 Å². The number of methoxy groups -OCH3 is 1. The minimum Gasteiger partial charge on any atom is -0.454 e. The molecule has 1 aromatic carbocycles. The molecule has 0 bridgehead atoms. The first-order chi connectivity index (χ1) is 9.86. The molecule has 6 nitrogen and oxygen atoms in total. The molecule has 0 unspecified atom stereocenters. The van der Waals surface area contributed by atoms with Crippen molar-refractivity contribution >= 4 is 5.69 Å². The van der Waals surface area contributed by atoms with Gasteiger partial charge in [0.15, 0.2) is 11.5 Å². The highest BCUT2D eigenvalue weighted by molar-refractivity contribution is 5.50. The number of ether oxygens (including phenoxy) is 3. The van der Waals surface area contributed by atoms with Crippen molar-refractivity contribution in [3.63, 3.8) is 0 Å². The lowest BCUT2D eigenvalue weighted by Crippen LogP contribution is -2.04. The average Bonchev–Trinajstić information content (AvgIpc) is 3.11. The molecule has 1 N–H and O–H groups in total. The summed E-state index contributed by atoms with van der Waals surface area (Å²) in [6.45, 7) is 2.36. The molecule has 1 aliphatic heterocycles. The van der Waals surface area contributed by atoms with E-state index in [4.69, 9.17) is 14.2 Å². The van der Waals surface area contributed by atoms with Crippen molar-refractivity contribution in [3.8, 4) is 11.5 Å². The number of hydrogen-bond donors (Lipinski definition) is 1. The molecular weight excluding hydrogens is 258 g/mol. The van der Waals surface area contributed by atoms with Gasteiger partial charge in [0.1, 0.15) is 0 Å². The first-order valence-corrected chi connectivity index (χ1v) is 6.49. The third-order valence-electron chi connectivity index (χ3n) is 3.12. The average molecular weight is 275 g/mol. The van der Waals surface area contributed by atoms with E-state index in [2.05, 4.69) is 10.4 Å². The first kappa shape index (κ1) is 12.8. The summed E-state index contributed by atoms with van der Waals surface area (Å²) in [5.74, 6) is 1.63. The van der Waals surface area contributed by atoms with Crippen molar-refractivity contribution in [2.45, 2.75) is 13.1 Å². The Kier molecular flexibility index (Phi) is 3.73. The number of aromatic nitrogens is 2. The third kappa shape index (κ3) is 2.70. The highest BCUT2D eigenvalue weighted by atomic mass is 16.7. The topological polar surface area (TPSA) is 57.5 Å². The summed E-state index contributed by atoms with van der Waals surface area (Å²) in [7, 11) is 1.68. The van der Waals surface area contributed by atoms with Crippen LogP contribution in [0.2, 0.25) is 0 Å². The molecule has 20 heavy (non-hydrogen) atoms. The maximum Gasteiger partial charge on any atom is 0.231 e. The van der Waals surface area contributed by atoms with E-state index in [0.717, 1.165) is 29.3 Å². The van der Waals surface area contributed by atoms with E-state index in [-0.39, 0.29) is 0 Å². The van der Waals surface area contributed by atoms with Gasteiger partial charge in [0.25, 0.3) is 0 Å². The third-order valence-corrected chi connectivity index (χ3v) is 3.12. The molecule has 0 fully saturated rings. The van der Waals surface area contributed by atoms with Gasteiger partial charge in [-0.3, -0.25) is 4.68 Å². The molecule has 2 aromatic rings. The van der Waals surface area contributed by atoms with Crippen molar-refractivity contribution in [1.29, 1.82) is 0 Å². The number of benzene rings is 1. The summed E-state index contributed by atoms with van der Waals surface area (Å²) >= 11 is 0. The Bertz CT molecular complexity index is 583. The van der Waals surface area contributed by atoms with Crippen molar-refractivity contribution < 1.29 is 14.2 Å². The van der Waals surface area contributed by atoms with Crippen LogP contribution >= 0.6 is 0 Å². The Morgan fingerprint density at radius 1 is 1.40 bits per heavy atom. The molecule has 0 aliphatic carbocycles. The summed E-state index contributed by atoms with van der Waals surface area (Å²) < 4.78 is 17.7. The van der Waals surface area contributed by atoms with Crippen molar-refractivity contribution in [1.82, 2.24) is 9.78 Å². The molecule has 0 saturated heterocycles. The van der Waals surface area contributed by atoms with E-state index >= 15 is 0 Å². The number of nitrogens with one attached hydrogen (secondary N) is 1. The van der Waals surface area contributed by atoms with E-state index in [0.29, 0.717) is 19.9 Å². The monoisotopic (exact) mass is 275 g/mol. The summed E-state index contributed by atoms with van der Waals surface area (Å²) in [5, 5.41) is 7.58. The highest BCUT2D eigenvalue weighted by Crippen LogP contribution is 2.35. The fourth-order valence-corrected chi connectivity index (χ4v) is 2.09. The standard InChI is InChI=1S/C14H17N3O3/c1-18-6-5-17-9-12(8-16-17)15-7-11-3-2-4-13-14(11)20-10-19-13/h2-4,8-9,15H,5-7,10H2,1H3. The Morgan fingerprint density at radius 2 is 2.35 bits per heavy atom. The van der Waals surface area contributed by atoms with Gasteiger partial charge in [-0.15, -0.1) is 0 Å². The van der Waals surface area contributed by atoms with Crippen LogP contribution in [0.25, 0.3) is 0 Å². The fourth-order valence-electron chi connectivity index (χ4n) is 2.09. The maximum absolute atomic E-state index is 5.48. The lowest BCUT2D eigenvalue weighted by atomic mass is 10.2. The van der Waals surface area contributed by atoms with Gasteiger partial charge in [0.2, 0.25) is 6.79 Å². The molecule has 106 valence electrons. The zero-order valence-electron chi connectivity index (χ0n) is 11.3. The Morgan fingerprint density at radius 3 is 3.25 bits per heavy atom. The van der Waals surface area contributed by atoms with Crippen LogP contribution in [-0.4, -0.2) is 30.3 Å². The molecule has 6 heteroatoms. The van der Waals surface area contributed by atoms with E-state index in [1.165, 1.54) is 0 Å². The Hall–Kier alpha value is -2.21. The zero-order chi connectivity index (χ0) is 13.8. The summed E-state index contributed by atoms with van der Waals surface area (Å²) in [4.78, 5) is 0. The molecule has 0 saturated carbocycles. The molecular formula is C14H17N3O3. The minimum absolute atomic E-state index is 0.293. The van der Waals surface area contributed by atoms with Gasteiger partial charge >= 0.3 is 0 Å². The molecule has 1 aromatic heterocycles. The lowest BCUT2D eigenvalue weighted by molar-refractivity contribution is 0.173. The second kappa shape index (κ2) is 5.83. The molecule has 0 radical (unpaired) electrons. The lowest BCUT2D eigenvalue weighted by Gasteiger charge is -2.07. The molecule has 0 amide bonds. The van der Waals surface area contributed by atoms with Gasteiger partial charge in [-0.05, 0) is 6.07 Å². The van der Waals surface area contributed by atoms with Crippen LogP contribution < -0.4 is 14.8 Å². The molecule has 0 spiro atoms. The Labute approximate surface area is 117 Å². The smallest absolute Gasteiger partial charge is 0.231 e. The first-order valence-electron chi connectivity index (χ1n) is 6.49. The maximum atomic E-state index is 5.48. The van der Waals surface area contributed by atoms with Crippen molar-refractivity contribution in [2.24, 2.45) is 0 Å². The number of hydrogen-bond acceptors (Lipinski definition) is 5. The predicted molar refractivity (Wildman–Crippen MR) is 74.0 cm³/mol. The van der Waals surface area contributed by atoms with Crippen LogP contribution in [0.1, 0.15) is 5.56 Å². The Balaban J connectivity index is 1.62. The molecule has 0 atom stereocenters. The number of para-hydroxylation sites is 1. The number of rotatable bonds is 6. The van der Waals surface area contributed by atoms with E-state index in [1.54, 1.807) is 13.3 Å². The molecule has 2 heterocycles. The normalized spacial score (nSPS) is 12.7. The van der Waals surface area contributed by atoms with Crippen LogP contribution in [0.3, 0.4) is 0 Å². The quantitative estimate of drug-likeness (QED) is 0.872. The van der Waals surface area contributed by atoms with Gasteiger partial charge in [-0.2, -0.15) is 5.10 Å². The van der Waals surface area contributed by atoms with Gasteiger partial charge in [0.05, 0.1) is 25.0 Å². The van der Waals surface area contributed by atoms with Crippen molar-refractivity contribution in [2.75, 3.05) is 25.8 Å². The van der Waals surface area contributed by atoms with Gasteiger partial charge in [0, 0.05) is 25.4 Å². The van der Waals surface area contributed by atoms with Gasteiger partial charge in [-0.1, -0.05) is 12.1 Å². The second-order valence-electron chi connectivity index (χ2n) is 4.49. The summed E-state index contributed by atoms with van der Waals surface area (Å²) in [6, 6.07) is 5.90. The molecule has 1 aliphatic rings. The van der Waals surface area contributed by atoms with E-state index < -0.39 is 0 Å². The SMILES string of the molecule is COCCn1cc(NCc2cccc3c2OCO3)cn1. The van der Waals surface area contributed by atoms with E-state index in [1.807, 2.05) is 29.1 Å².